The maximum absolute atomic E-state index is 14.8. The summed E-state index contributed by atoms with van der Waals surface area (Å²) < 4.78 is 89.1. The number of fused-ring (bicyclic) bond motifs is 1. The van der Waals surface area contributed by atoms with Crippen LogP contribution in [0.3, 0.4) is 0 Å². The van der Waals surface area contributed by atoms with Crippen LogP contribution >= 0.6 is 0 Å². The highest BCUT2D eigenvalue weighted by Gasteiger charge is 2.50. The molecule has 2 N–H and O–H groups in total. The number of amides is 2. The van der Waals surface area contributed by atoms with E-state index in [1.807, 2.05) is 0 Å². The number of carbonyl (C=O) groups excluding carboxylic acids is 2. The zero-order chi connectivity index (χ0) is 29.1. The third kappa shape index (κ3) is 4.80. The summed E-state index contributed by atoms with van der Waals surface area (Å²) in [7, 11) is 0. The van der Waals surface area contributed by atoms with E-state index >= 15 is 0 Å². The number of alkyl halides is 3. The van der Waals surface area contributed by atoms with E-state index in [0.29, 0.717) is 10.8 Å². The summed E-state index contributed by atoms with van der Waals surface area (Å²) in [6.07, 6.45) is -6.62. The number of carboxylic acid groups (broad SMARTS) is 1. The first-order chi connectivity index (χ1) is 18.8. The van der Waals surface area contributed by atoms with Crippen LogP contribution in [-0.2, 0) is 9.53 Å². The average Bonchev–Trinajstić information content (AvgIpc) is 3.62. The number of halogens is 6. The van der Waals surface area contributed by atoms with Crippen LogP contribution in [0, 0.1) is 23.4 Å². The molecule has 40 heavy (non-hydrogen) atoms. The number of nitrogens with one attached hydrogen (secondary N) is 1. The molecule has 5 rings (SSSR count). The van der Waals surface area contributed by atoms with Crippen molar-refractivity contribution in [3.8, 4) is 5.69 Å². The van der Waals surface area contributed by atoms with Gasteiger partial charge < -0.3 is 15.2 Å². The molecule has 1 aliphatic carbocycles. The summed E-state index contributed by atoms with van der Waals surface area (Å²) in [6.45, 7) is -0.517. The van der Waals surface area contributed by atoms with Gasteiger partial charge in [0.05, 0.1) is 11.9 Å². The predicted molar refractivity (Wildman–Crippen MR) is 122 cm³/mol. The standard InChI is InChI=1S/C24H16F6N4O6/c25-10-5-13(26)17(14(27)6-10)34-7-12(21(36)32-19(9-1-2-9)24(28,29)30)18(35)11-3-4-16(31-20(11)34)33-8-15(22(37)38)40-23(33)39/h3-7,9,15,19H,1-2,8H2,(H,32,36)(H,37,38)/t15-,19?/m1/s1. The normalized spacial score (nSPS) is 18.1. The summed E-state index contributed by atoms with van der Waals surface area (Å²) in [5.41, 5.74) is -3.70. The Morgan fingerprint density at radius 2 is 1.75 bits per heavy atom. The fourth-order valence-corrected chi connectivity index (χ4v) is 4.33. The Morgan fingerprint density at radius 1 is 1.10 bits per heavy atom. The Hall–Kier alpha value is -4.63. The Labute approximate surface area is 218 Å². The number of hydrogen-bond donors (Lipinski definition) is 2. The van der Waals surface area contributed by atoms with Crippen LogP contribution in [0.4, 0.5) is 37.0 Å². The van der Waals surface area contributed by atoms with Gasteiger partial charge in [0.15, 0.2) is 17.3 Å². The van der Waals surface area contributed by atoms with Gasteiger partial charge in [-0.2, -0.15) is 13.2 Å². The van der Waals surface area contributed by atoms with E-state index in [0.717, 1.165) is 17.0 Å². The van der Waals surface area contributed by atoms with Crippen molar-refractivity contribution < 1.29 is 50.6 Å². The lowest BCUT2D eigenvalue weighted by atomic mass is 10.1. The van der Waals surface area contributed by atoms with Gasteiger partial charge in [-0.25, -0.2) is 27.7 Å². The van der Waals surface area contributed by atoms with Crippen molar-refractivity contribution in [3.05, 3.63) is 63.7 Å². The molecule has 1 saturated carbocycles. The number of aromatic nitrogens is 2. The van der Waals surface area contributed by atoms with E-state index in [4.69, 9.17) is 9.84 Å². The van der Waals surface area contributed by atoms with E-state index in [1.54, 1.807) is 5.32 Å². The highest BCUT2D eigenvalue weighted by molar-refractivity contribution is 5.98. The number of carbonyl (C=O) groups is 3. The van der Waals surface area contributed by atoms with E-state index in [9.17, 15) is 45.5 Å². The van der Waals surface area contributed by atoms with Crippen molar-refractivity contribution in [3.63, 3.8) is 0 Å². The Kier molecular flexibility index (Phi) is 6.42. The minimum absolute atomic E-state index is 0.187. The zero-order valence-corrected chi connectivity index (χ0v) is 19.8. The number of pyridine rings is 2. The lowest BCUT2D eigenvalue weighted by molar-refractivity contribution is -0.158. The summed E-state index contributed by atoms with van der Waals surface area (Å²) in [4.78, 5) is 54.3. The number of cyclic esters (lactones) is 1. The number of nitrogens with zero attached hydrogens (tertiary/aromatic N) is 3. The first kappa shape index (κ1) is 27.0. The van der Waals surface area contributed by atoms with Crippen LogP contribution in [-0.4, -0.2) is 57.5 Å². The number of benzene rings is 1. The van der Waals surface area contributed by atoms with Crippen molar-refractivity contribution >= 4 is 34.8 Å². The number of carboxylic acids is 1. The van der Waals surface area contributed by atoms with Crippen LogP contribution in [0.2, 0.25) is 0 Å². The third-order valence-corrected chi connectivity index (χ3v) is 6.40. The number of anilines is 1. The largest absolute Gasteiger partial charge is 0.478 e. The molecule has 1 aliphatic heterocycles. The van der Waals surface area contributed by atoms with E-state index in [2.05, 4.69) is 4.98 Å². The molecular weight excluding hydrogens is 554 g/mol. The molecule has 10 nitrogen and oxygen atoms in total. The fraction of sp³-hybridized carbons (Fsp3) is 0.292. The zero-order valence-electron chi connectivity index (χ0n) is 19.8. The minimum Gasteiger partial charge on any atom is -0.478 e. The van der Waals surface area contributed by atoms with Gasteiger partial charge in [0.1, 0.15) is 28.9 Å². The Balaban J connectivity index is 1.69. The van der Waals surface area contributed by atoms with Crippen LogP contribution < -0.4 is 15.6 Å². The quantitative estimate of drug-likeness (QED) is 0.435. The van der Waals surface area contributed by atoms with Gasteiger partial charge in [-0.1, -0.05) is 0 Å². The van der Waals surface area contributed by atoms with Gasteiger partial charge in [-0.05, 0) is 30.9 Å². The summed E-state index contributed by atoms with van der Waals surface area (Å²) in [5, 5.41) is 10.4. The second-order valence-corrected chi connectivity index (χ2v) is 9.15. The molecule has 1 aromatic carbocycles. The van der Waals surface area contributed by atoms with Gasteiger partial charge in [-0.15, -0.1) is 0 Å². The van der Waals surface area contributed by atoms with Crippen molar-refractivity contribution in [2.24, 2.45) is 5.92 Å². The van der Waals surface area contributed by atoms with Crippen molar-refractivity contribution in [1.29, 1.82) is 0 Å². The molecule has 0 bridgehead atoms. The van der Waals surface area contributed by atoms with Crippen molar-refractivity contribution in [2.75, 3.05) is 11.4 Å². The summed E-state index contributed by atoms with van der Waals surface area (Å²) in [5.74, 6) is -8.51. The number of hydrogen-bond acceptors (Lipinski definition) is 6. The molecule has 3 aromatic rings. The van der Waals surface area contributed by atoms with Gasteiger partial charge in [0, 0.05) is 18.3 Å². The van der Waals surface area contributed by atoms with Crippen molar-refractivity contribution in [2.45, 2.75) is 31.2 Å². The molecule has 2 aromatic heterocycles. The molecule has 1 saturated heterocycles. The molecule has 16 heteroatoms. The fourth-order valence-electron chi connectivity index (χ4n) is 4.33. The molecule has 2 aliphatic rings. The molecule has 1 unspecified atom stereocenters. The monoisotopic (exact) mass is 570 g/mol. The van der Waals surface area contributed by atoms with Crippen LogP contribution in [0.25, 0.3) is 16.7 Å². The highest BCUT2D eigenvalue weighted by atomic mass is 19.4. The van der Waals surface area contributed by atoms with E-state index in [-0.39, 0.29) is 30.8 Å². The van der Waals surface area contributed by atoms with Crippen LogP contribution in [0.15, 0.2) is 35.3 Å². The first-order valence-electron chi connectivity index (χ1n) is 11.6. The highest BCUT2D eigenvalue weighted by Crippen LogP contribution is 2.40. The first-order valence-corrected chi connectivity index (χ1v) is 11.6. The van der Waals surface area contributed by atoms with Gasteiger partial charge in [-0.3, -0.25) is 19.1 Å². The smallest absolute Gasteiger partial charge is 0.416 e. The third-order valence-electron chi connectivity index (χ3n) is 6.40. The Morgan fingerprint density at radius 3 is 2.30 bits per heavy atom. The maximum Gasteiger partial charge on any atom is 0.416 e. The molecule has 2 fully saturated rings. The molecule has 2 amide bonds. The molecule has 2 atom stereocenters. The van der Waals surface area contributed by atoms with Crippen molar-refractivity contribution in [1.82, 2.24) is 14.9 Å². The van der Waals surface area contributed by atoms with Crippen LogP contribution in [0.5, 0.6) is 0 Å². The second-order valence-electron chi connectivity index (χ2n) is 9.15. The topological polar surface area (TPSA) is 131 Å². The van der Waals surface area contributed by atoms with E-state index < -0.39 is 93.9 Å². The van der Waals surface area contributed by atoms with Gasteiger partial charge >= 0.3 is 18.2 Å². The average molecular weight is 570 g/mol. The minimum atomic E-state index is -4.84. The summed E-state index contributed by atoms with van der Waals surface area (Å²) in [6, 6.07) is 0.325. The molecule has 210 valence electrons. The van der Waals surface area contributed by atoms with Gasteiger partial charge in [0.25, 0.3) is 5.91 Å². The summed E-state index contributed by atoms with van der Waals surface area (Å²) >= 11 is 0. The predicted octanol–water partition coefficient (Wildman–Crippen LogP) is 3.28. The maximum atomic E-state index is 14.8. The molecule has 0 spiro atoms. The van der Waals surface area contributed by atoms with Crippen LogP contribution in [0.1, 0.15) is 23.2 Å². The molecule has 3 heterocycles. The molecule has 0 radical (unpaired) electrons. The lowest BCUT2D eigenvalue weighted by Gasteiger charge is -2.22. The number of aliphatic carboxylic acids is 1. The van der Waals surface area contributed by atoms with E-state index in [1.165, 1.54) is 0 Å². The Bertz CT molecular complexity index is 1610. The SMILES string of the molecule is O=C(NC(C1CC1)C(F)(F)F)c1cn(-c2c(F)cc(F)cc2F)c2nc(N3C[C@H](C(=O)O)OC3=O)ccc2c1=O. The lowest BCUT2D eigenvalue weighted by Crippen LogP contribution is -2.48. The second kappa shape index (κ2) is 9.53. The number of ether oxygens (including phenoxy) is 1. The van der Waals surface area contributed by atoms with Gasteiger partial charge in [0.2, 0.25) is 11.5 Å². The molecular formula is C24H16F6N4O6. The number of rotatable bonds is 6.